The van der Waals surface area contributed by atoms with Crippen LogP contribution in [0.25, 0.3) is 0 Å². The predicted molar refractivity (Wildman–Crippen MR) is 82.0 cm³/mol. The van der Waals surface area contributed by atoms with Crippen LogP contribution in [0.5, 0.6) is 0 Å². The molecule has 0 aromatic heterocycles. The number of benzene rings is 2. The lowest BCUT2D eigenvalue weighted by atomic mass is 9.83. The van der Waals surface area contributed by atoms with E-state index in [9.17, 15) is 4.79 Å². The smallest absolute Gasteiger partial charge is 0.347 e. The van der Waals surface area contributed by atoms with Gasteiger partial charge in [0.25, 0.3) is 0 Å². The Bertz CT molecular complexity index is 607. The zero-order chi connectivity index (χ0) is 15.3. The van der Waals surface area contributed by atoms with Gasteiger partial charge >= 0.3 is 5.97 Å². The Morgan fingerprint density at radius 1 is 1.05 bits per heavy atom. The average molecular weight is 284 g/mol. The molecule has 0 aliphatic carbocycles. The Morgan fingerprint density at radius 3 is 2.24 bits per heavy atom. The van der Waals surface area contributed by atoms with Gasteiger partial charge in [-0.25, -0.2) is 4.79 Å². The van der Waals surface area contributed by atoms with Crippen molar-refractivity contribution in [1.29, 1.82) is 0 Å². The van der Waals surface area contributed by atoms with Crippen molar-refractivity contribution in [3.63, 3.8) is 0 Å². The molecule has 3 heteroatoms. The van der Waals surface area contributed by atoms with E-state index in [4.69, 9.17) is 9.47 Å². The molecule has 0 N–H and O–H groups in total. The molecule has 2 rings (SSSR count). The summed E-state index contributed by atoms with van der Waals surface area (Å²) in [5.41, 5.74) is 1.34. The number of ether oxygens (including phenoxy) is 2. The zero-order valence-corrected chi connectivity index (χ0v) is 12.6. The summed E-state index contributed by atoms with van der Waals surface area (Å²) in [6.07, 6.45) is 0. The molecule has 0 heterocycles. The first-order valence-corrected chi connectivity index (χ1v) is 7.00. The normalized spacial score (nSPS) is 13.5. The number of hydrogen-bond acceptors (Lipinski definition) is 3. The largest absolute Gasteiger partial charge is 0.466 e. The highest BCUT2D eigenvalue weighted by Gasteiger charge is 2.45. The Labute approximate surface area is 125 Å². The maximum Gasteiger partial charge on any atom is 0.347 e. The van der Waals surface area contributed by atoms with Crippen molar-refractivity contribution in [2.75, 3.05) is 13.7 Å². The van der Waals surface area contributed by atoms with Crippen molar-refractivity contribution < 1.29 is 14.3 Å². The molecule has 0 bridgehead atoms. The topological polar surface area (TPSA) is 35.5 Å². The van der Waals surface area contributed by atoms with Crippen LogP contribution in [-0.2, 0) is 19.9 Å². The van der Waals surface area contributed by atoms with E-state index < -0.39 is 11.6 Å². The van der Waals surface area contributed by atoms with Gasteiger partial charge in [-0.2, -0.15) is 0 Å². The molecule has 0 aliphatic rings. The standard InChI is InChI=1S/C18H20O3/c1-4-21-18(17(19)20-3,15-11-6-5-7-12-15)16-13-9-8-10-14(16)2/h5-13H,4H2,1-3H3. The molecule has 1 atom stereocenters. The van der Waals surface area contributed by atoms with E-state index in [-0.39, 0.29) is 0 Å². The number of carbonyl (C=O) groups is 1. The fourth-order valence-corrected chi connectivity index (χ4v) is 2.60. The highest BCUT2D eigenvalue weighted by Crippen LogP contribution is 2.36. The fourth-order valence-electron chi connectivity index (χ4n) is 2.60. The molecule has 0 radical (unpaired) electrons. The monoisotopic (exact) mass is 284 g/mol. The van der Waals surface area contributed by atoms with Crippen molar-refractivity contribution in [2.45, 2.75) is 19.4 Å². The third-order valence-corrected chi connectivity index (χ3v) is 3.54. The van der Waals surface area contributed by atoms with Gasteiger partial charge in [-0.3, -0.25) is 0 Å². The van der Waals surface area contributed by atoms with E-state index in [1.165, 1.54) is 7.11 Å². The van der Waals surface area contributed by atoms with Gasteiger partial charge in [-0.05, 0) is 25.0 Å². The van der Waals surface area contributed by atoms with Crippen LogP contribution in [0.3, 0.4) is 0 Å². The number of aryl methyl sites for hydroxylation is 1. The first kappa shape index (κ1) is 15.3. The molecule has 0 fully saturated rings. The third kappa shape index (κ3) is 2.69. The Kier molecular flexibility index (Phi) is 4.76. The predicted octanol–water partition coefficient (Wildman–Crippen LogP) is 3.45. The summed E-state index contributed by atoms with van der Waals surface area (Å²) in [5.74, 6) is -0.412. The number of rotatable bonds is 5. The van der Waals surface area contributed by atoms with Crippen LogP contribution >= 0.6 is 0 Å². The summed E-state index contributed by atoms with van der Waals surface area (Å²) >= 11 is 0. The highest BCUT2D eigenvalue weighted by atomic mass is 16.6. The minimum atomic E-state index is -1.23. The second kappa shape index (κ2) is 6.55. The van der Waals surface area contributed by atoms with E-state index in [1.54, 1.807) is 0 Å². The molecule has 0 amide bonds. The molecule has 0 spiro atoms. The van der Waals surface area contributed by atoms with E-state index in [1.807, 2.05) is 68.4 Å². The van der Waals surface area contributed by atoms with Crippen LogP contribution in [-0.4, -0.2) is 19.7 Å². The molecule has 0 saturated carbocycles. The molecule has 0 saturated heterocycles. The molecular weight excluding hydrogens is 264 g/mol. The minimum Gasteiger partial charge on any atom is -0.466 e. The summed E-state index contributed by atoms with van der Waals surface area (Å²) in [7, 11) is 1.39. The minimum absolute atomic E-state index is 0.401. The first-order valence-electron chi connectivity index (χ1n) is 7.00. The molecule has 2 aromatic rings. The molecule has 1 unspecified atom stereocenters. The second-order valence-electron chi connectivity index (χ2n) is 4.79. The molecule has 3 nitrogen and oxygen atoms in total. The molecule has 110 valence electrons. The number of esters is 1. The van der Waals surface area contributed by atoms with Crippen molar-refractivity contribution in [3.8, 4) is 0 Å². The lowest BCUT2D eigenvalue weighted by Crippen LogP contribution is -2.41. The van der Waals surface area contributed by atoms with Crippen LogP contribution in [0.1, 0.15) is 23.6 Å². The maximum absolute atomic E-state index is 12.6. The molecule has 21 heavy (non-hydrogen) atoms. The van der Waals surface area contributed by atoms with E-state index in [2.05, 4.69) is 0 Å². The summed E-state index contributed by atoms with van der Waals surface area (Å²) in [6.45, 7) is 4.24. The quantitative estimate of drug-likeness (QED) is 0.789. The van der Waals surface area contributed by atoms with Crippen LogP contribution in [0.2, 0.25) is 0 Å². The van der Waals surface area contributed by atoms with Crippen LogP contribution in [0, 0.1) is 6.92 Å². The summed E-state index contributed by atoms with van der Waals surface area (Å²) in [5, 5.41) is 0. The van der Waals surface area contributed by atoms with Gasteiger partial charge in [0.15, 0.2) is 0 Å². The van der Waals surface area contributed by atoms with Gasteiger partial charge < -0.3 is 9.47 Å². The van der Waals surface area contributed by atoms with Crippen molar-refractivity contribution in [2.24, 2.45) is 0 Å². The van der Waals surface area contributed by atoms with Crippen LogP contribution in [0.15, 0.2) is 54.6 Å². The third-order valence-electron chi connectivity index (χ3n) is 3.54. The summed E-state index contributed by atoms with van der Waals surface area (Å²) < 4.78 is 11.0. The molecular formula is C18H20O3. The maximum atomic E-state index is 12.6. The number of hydrogen-bond donors (Lipinski definition) is 0. The summed E-state index contributed by atoms with van der Waals surface area (Å²) in [6, 6.07) is 17.2. The average Bonchev–Trinajstić information content (AvgIpc) is 2.53. The van der Waals surface area contributed by atoms with Gasteiger partial charge in [0.1, 0.15) is 0 Å². The SMILES string of the molecule is CCOC(C(=O)OC)(c1ccccc1)c1ccccc1C. The van der Waals surface area contributed by atoms with Crippen LogP contribution < -0.4 is 0 Å². The lowest BCUT2D eigenvalue weighted by Gasteiger charge is -2.32. The Morgan fingerprint density at radius 2 is 1.67 bits per heavy atom. The van der Waals surface area contributed by atoms with Gasteiger partial charge in [0, 0.05) is 12.2 Å². The van der Waals surface area contributed by atoms with E-state index in [0.29, 0.717) is 6.61 Å². The Balaban J connectivity index is 2.74. The summed E-state index contributed by atoms with van der Waals surface area (Å²) in [4.78, 5) is 12.6. The molecule has 2 aromatic carbocycles. The van der Waals surface area contributed by atoms with Crippen molar-refractivity contribution >= 4 is 5.97 Å². The van der Waals surface area contributed by atoms with E-state index in [0.717, 1.165) is 16.7 Å². The Hall–Kier alpha value is -2.13. The lowest BCUT2D eigenvalue weighted by molar-refractivity contribution is -0.165. The van der Waals surface area contributed by atoms with Crippen molar-refractivity contribution in [3.05, 3.63) is 71.3 Å². The number of carbonyl (C=O) groups excluding carboxylic acids is 1. The van der Waals surface area contributed by atoms with Gasteiger partial charge in [-0.1, -0.05) is 54.6 Å². The van der Waals surface area contributed by atoms with Gasteiger partial charge in [0.2, 0.25) is 5.60 Å². The number of methoxy groups -OCH3 is 1. The highest BCUT2D eigenvalue weighted by molar-refractivity contribution is 5.86. The second-order valence-corrected chi connectivity index (χ2v) is 4.79. The first-order chi connectivity index (χ1) is 10.2. The molecule has 0 aliphatic heterocycles. The zero-order valence-electron chi connectivity index (χ0n) is 12.6. The van der Waals surface area contributed by atoms with Gasteiger partial charge in [0.05, 0.1) is 7.11 Å². The van der Waals surface area contributed by atoms with Crippen LogP contribution in [0.4, 0.5) is 0 Å². The van der Waals surface area contributed by atoms with Gasteiger partial charge in [-0.15, -0.1) is 0 Å². The van der Waals surface area contributed by atoms with Crippen molar-refractivity contribution in [1.82, 2.24) is 0 Å². The van der Waals surface area contributed by atoms with E-state index >= 15 is 0 Å². The fraction of sp³-hybridized carbons (Fsp3) is 0.278.